The summed E-state index contributed by atoms with van der Waals surface area (Å²) < 4.78 is 14.5. The van der Waals surface area contributed by atoms with Crippen LogP contribution in [-0.2, 0) is 26.1 Å². The van der Waals surface area contributed by atoms with Crippen LogP contribution in [0.25, 0.3) is 50.7 Å². The quantitative estimate of drug-likeness (QED) is 0.0565. The van der Waals surface area contributed by atoms with Crippen molar-refractivity contribution >= 4 is 131 Å². The van der Waals surface area contributed by atoms with Crippen LogP contribution in [0.2, 0.25) is 5.02 Å². The van der Waals surface area contributed by atoms with Gasteiger partial charge in [-0.1, -0.05) is 166 Å². The van der Waals surface area contributed by atoms with E-state index in [1.54, 1.807) is 37.2 Å². The molecular weight excluding hydrogens is 1810 g/mol. The van der Waals surface area contributed by atoms with E-state index in [0.717, 1.165) is 158 Å². The van der Waals surface area contributed by atoms with Crippen molar-refractivity contribution in [1.29, 1.82) is 0 Å². The predicted octanol–water partition coefficient (Wildman–Crippen LogP) is 19.2. The van der Waals surface area contributed by atoms with E-state index in [4.69, 9.17) is 11.6 Å². The van der Waals surface area contributed by atoms with Gasteiger partial charge in [0, 0.05) is 152 Å². The fourth-order valence-electron chi connectivity index (χ4n) is 15.0. The van der Waals surface area contributed by atoms with E-state index in [9.17, 15) is 0 Å². The Morgan fingerprint density at radius 3 is 1.18 bits per heavy atom. The predicted molar refractivity (Wildman–Crippen MR) is 538 cm³/mol. The number of fused-ring (bicyclic) bond motifs is 8. The van der Waals surface area contributed by atoms with Crippen molar-refractivity contribution < 1.29 is 0 Å². The second-order valence-corrected chi connectivity index (χ2v) is 33.5. The largest absolute Gasteiger partial charge is 0.363 e. The Morgan fingerprint density at radius 1 is 0.328 bits per heavy atom. The van der Waals surface area contributed by atoms with E-state index in [1.807, 2.05) is 214 Å². The second kappa shape index (κ2) is 42.7. The van der Waals surface area contributed by atoms with Gasteiger partial charge in [0.15, 0.2) is 40.7 Å². The van der Waals surface area contributed by atoms with E-state index in [2.05, 4.69) is 302 Å². The lowest BCUT2D eigenvalue weighted by molar-refractivity contribution is 0.758. The summed E-state index contributed by atoms with van der Waals surface area (Å²) >= 11 is 9.25. The van der Waals surface area contributed by atoms with Crippen LogP contribution in [0.5, 0.6) is 0 Å². The standard InChI is InChI=1S/C19H17N5.C16H17N5.2C14H15N5.C13H13N5.C12H10BrN5.C12H10ClN5/c1-14-22-23-19-18(20-10-11-24(14)19)21-13-15-6-5-9-17(12-15)16-7-3-2-4-8-16;1-11-5-6-13-4-3-8-21(14(13)10-11)15-16-19-18-12(2)20(16)9-7-17-15;1-10-4-6-12(7-5-10)18(3)13-14-17-16-11(2)19(14)9-8-15-13;1-10-3-5-12(6-4-10)9-16-13-14-18-17-11(2)19(14)8-7-15-13;1-10-16-17-13-12(14-7-8-18(10)13)15-9-11-5-3-2-4-6-11;2*1-8-16-17-12-11(14-6-7-18(8)12)15-10-4-2-9(13)3-5-10/h2-12H,13H2,1H3,(H,20,21);5-7,9-10H,3-4,8H2,1-2H3;4-9H,1-3H3;3-8H,9H2,1-2H3,(H,15,16);2-8H,9H2,1H3,(H,14,15);2*2-7H,1H3,(H,14,15). The maximum atomic E-state index is 5.84. The molecule has 137 heavy (non-hydrogen) atoms. The van der Waals surface area contributed by atoms with Gasteiger partial charge in [0.05, 0.1) is 0 Å². The van der Waals surface area contributed by atoms with Crippen molar-refractivity contribution in [3.63, 3.8) is 0 Å². The van der Waals surface area contributed by atoms with Gasteiger partial charge in [0.2, 0.25) is 39.5 Å². The van der Waals surface area contributed by atoms with Gasteiger partial charge in [-0.25, -0.2) is 34.9 Å². The average Bonchev–Trinajstić information content (AvgIpc) is 1.81. The molecule has 22 aromatic rings. The lowest BCUT2D eigenvalue weighted by Crippen LogP contribution is -2.26. The van der Waals surface area contributed by atoms with Crippen LogP contribution in [0.15, 0.2) is 291 Å². The number of aryl methyl sites for hydroxylation is 11. The van der Waals surface area contributed by atoms with Crippen LogP contribution in [-0.4, -0.2) is 151 Å². The van der Waals surface area contributed by atoms with Crippen molar-refractivity contribution in [3.8, 4) is 11.1 Å². The van der Waals surface area contributed by atoms with E-state index in [0.29, 0.717) is 28.9 Å². The summed E-state index contributed by atoms with van der Waals surface area (Å²) in [5.41, 5.74) is 20.6. The molecule has 14 aromatic heterocycles. The maximum absolute atomic E-state index is 5.84. The van der Waals surface area contributed by atoms with E-state index >= 15 is 0 Å². The number of rotatable bonds is 17. The van der Waals surface area contributed by atoms with Gasteiger partial charge in [-0.2, -0.15) is 0 Å². The highest BCUT2D eigenvalue weighted by atomic mass is 79.9. The number of hydrogen-bond acceptors (Lipinski definition) is 28. The molecule has 0 spiro atoms. The fraction of sp³-hybridized carbons (Fsp3) is 0.170. The van der Waals surface area contributed by atoms with Gasteiger partial charge in [-0.15, -0.1) is 71.4 Å². The van der Waals surface area contributed by atoms with Crippen LogP contribution in [0.3, 0.4) is 0 Å². The van der Waals surface area contributed by atoms with Crippen LogP contribution < -0.4 is 36.4 Å². The van der Waals surface area contributed by atoms with Crippen molar-refractivity contribution in [3.05, 3.63) is 376 Å². The zero-order chi connectivity index (χ0) is 94.8. The highest BCUT2D eigenvalue weighted by molar-refractivity contribution is 9.10. The number of anilines is 11. The highest BCUT2D eigenvalue weighted by Crippen LogP contribution is 2.36. The first-order valence-electron chi connectivity index (χ1n) is 44.1. The third-order valence-electron chi connectivity index (χ3n) is 22.4. The number of nitrogens with zero attached hydrogens (tertiary/aromatic N) is 30. The number of benzene rings is 8. The SMILES string of the molecule is Cc1ccc(CNc2nccn3c(C)nnc23)cc1.Cc1ccc(N(C)c2nccn3c(C)nnc23)cc1.Cc1ccc2c(c1)N(c1nccn3c(C)nnc13)CCC2.Cc1nnc2c(NCc3cccc(-c4ccccc4)c3)nccn12.Cc1nnc2c(NCc3ccccc3)nccn12.Cc1nnc2c(Nc3ccc(Br)cc3)nccn12.Cc1nnc2c(Nc3ccc(Cl)cc3)nccn12. The monoisotopic (exact) mass is 1900 g/mol. The molecule has 0 saturated carbocycles. The number of nitrogens with one attached hydrogen (secondary N) is 5. The molecule has 0 fully saturated rings. The molecule has 37 heteroatoms. The Labute approximate surface area is 801 Å². The third-order valence-corrected chi connectivity index (χ3v) is 23.2. The van der Waals surface area contributed by atoms with Gasteiger partial charge in [-0.3, -0.25) is 30.8 Å². The Hall–Kier alpha value is -17.0. The highest BCUT2D eigenvalue weighted by Gasteiger charge is 2.24. The average molecular weight is 1900 g/mol. The molecule has 0 amide bonds. The van der Waals surface area contributed by atoms with E-state index < -0.39 is 0 Å². The minimum atomic E-state index is 0.667. The van der Waals surface area contributed by atoms with Crippen molar-refractivity contribution in [2.75, 3.05) is 50.0 Å². The minimum Gasteiger partial charge on any atom is -0.363 e. The smallest absolute Gasteiger partial charge is 0.204 e. The Bertz CT molecular complexity index is 7710. The van der Waals surface area contributed by atoms with Gasteiger partial charge < -0.3 is 36.4 Å². The molecule has 0 unspecified atom stereocenters. The number of hydrogen-bond donors (Lipinski definition) is 5. The van der Waals surface area contributed by atoms with E-state index in [1.165, 1.54) is 55.8 Å². The summed E-state index contributed by atoms with van der Waals surface area (Å²) in [5, 5.41) is 74.7. The van der Waals surface area contributed by atoms with Crippen LogP contribution in [0, 0.1) is 69.2 Å². The summed E-state index contributed by atoms with van der Waals surface area (Å²) in [6, 6.07) is 67.7. The first-order valence-corrected chi connectivity index (χ1v) is 45.3. The molecule has 0 saturated heterocycles. The van der Waals surface area contributed by atoms with Gasteiger partial charge in [0.1, 0.15) is 40.8 Å². The zero-order valence-electron chi connectivity index (χ0n) is 77.1. The minimum absolute atomic E-state index is 0.667. The molecule has 15 heterocycles. The van der Waals surface area contributed by atoms with Gasteiger partial charge in [-0.05, 0) is 194 Å². The summed E-state index contributed by atoms with van der Waals surface area (Å²) in [5.74, 6) is 11.3. The lowest BCUT2D eigenvalue weighted by Gasteiger charge is -2.30. The summed E-state index contributed by atoms with van der Waals surface area (Å²) in [4.78, 5) is 34.8. The zero-order valence-corrected chi connectivity index (χ0v) is 79.4. The maximum Gasteiger partial charge on any atom is 0.204 e. The first-order chi connectivity index (χ1) is 66.8. The van der Waals surface area contributed by atoms with Crippen LogP contribution in [0.1, 0.15) is 86.1 Å². The number of aromatic nitrogens is 28. The summed E-state index contributed by atoms with van der Waals surface area (Å²) in [6.45, 7) is 22.8. The molecule has 1 aliphatic rings. The normalized spacial score (nSPS) is 11.4. The van der Waals surface area contributed by atoms with Crippen LogP contribution in [0.4, 0.5) is 63.5 Å². The Kier molecular flexibility index (Phi) is 28.6. The Balaban J connectivity index is 0.000000111. The molecule has 0 aliphatic carbocycles. The van der Waals surface area contributed by atoms with Crippen molar-refractivity contribution in [1.82, 2.24) is 137 Å². The van der Waals surface area contributed by atoms with Gasteiger partial charge in [0.25, 0.3) is 0 Å². The van der Waals surface area contributed by atoms with E-state index in [-0.39, 0.29) is 0 Å². The molecular formula is C100H97BrClN35. The fourth-order valence-corrected chi connectivity index (χ4v) is 15.4. The molecule has 0 radical (unpaired) electrons. The molecule has 0 atom stereocenters. The molecule has 686 valence electrons. The molecule has 0 bridgehead atoms. The Morgan fingerprint density at radius 2 is 0.693 bits per heavy atom. The molecule has 35 nitrogen and oxygen atoms in total. The topological polar surface area (TPSA) is 368 Å². The first kappa shape index (κ1) is 91.9. The van der Waals surface area contributed by atoms with Crippen molar-refractivity contribution in [2.24, 2.45) is 0 Å². The molecule has 23 rings (SSSR count). The third kappa shape index (κ3) is 22.0. The molecule has 1 aliphatic heterocycles. The van der Waals surface area contributed by atoms with Crippen molar-refractivity contribution in [2.45, 2.75) is 102 Å². The summed E-state index contributed by atoms with van der Waals surface area (Å²) in [6.07, 6.45) is 27.6. The van der Waals surface area contributed by atoms with Gasteiger partial charge >= 0.3 is 0 Å². The summed E-state index contributed by atoms with van der Waals surface area (Å²) in [7, 11) is 1.98. The molecule has 8 aromatic carbocycles. The van der Waals surface area contributed by atoms with Crippen LogP contribution >= 0.6 is 27.5 Å². The lowest BCUT2D eigenvalue weighted by atomic mass is 10.00. The second-order valence-electron chi connectivity index (χ2n) is 32.1. The number of halogens is 2. The molecule has 5 N–H and O–H groups in total.